The second kappa shape index (κ2) is 6.93. The molecule has 4 aromatic rings. The molecule has 1 fully saturated rings. The summed E-state index contributed by atoms with van der Waals surface area (Å²) in [5.74, 6) is 2.06. The van der Waals surface area contributed by atoms with Crippen molar-refractivity contribution >= 4 is 29.0 Å². The molecule has 0 radical (unpaired) electrons. The standard InChI is InChI=1S/C18H19N9O2/c1-12-9-15(23-22-12)20-16-13-3-2-4-27(13)24-18(21-16)26-7-5-25(6-8-26)17(28)14-10-19-11-29-14/h2-4,9-11H,5-8H2,1H3,(H2,20,21,22,23,24). The van der Waals surface area contributed by atoms with Gasteiger partial charge in [-0.15, -0.1) is 5.10 Å². The van der Waals surface area contributed by atoms with Crippen LogP contribution in [0.25, 0.3) is 5.52 Å². The van der Waals surface area contributed by atoms with Gasteiger partial charge in [-0.3, -0.25) is 9.89 Å². The maximum absolute atomic E-state index is 12.4. The van der Waals surface area contributed by atoms with Crippen molar-refractivity contribution in [1.29, 1.82) is 0 Å². The fourth-order valence-corrected chi connectivity index (χ4v) is 3.34. The largest absolute Gasteiger partial charge is 0.438 e. The van der Waals surface area contributed by atoms with Crippen molar-refractivity contribution in [3.63, 3.8) is 0 Å². The number of aromatic amines is 1. The third-order valence-corrected chi connectivity index (χ3v) is 4.83. The molecular weight excluding hydrogens is 374 g/mol. The molecule has 0 bridgehead atoms. The van der Waals surface area contributed by atoms with Gasteiger partial charge < -0.3 is 19.5 Å². The van der Waals surface area contributed by atoms with Gasteiger partial charge >= 0.3 is 0 Å². The molecule has 1 saturated heterocycles. The zero-order chi connectivity index (χ0) is 19.8. The number of piperazine rings is 1. The molecule has 0 spiro atoms. The third-order valence-electron chi connectivity index (χ3n) is 4.83. The average Bonchev–Trinajstić information content (AvgIpc) is 3.49. The zero-order valence-corrected chi connectivity index (χ0v) is 15.7. The van der Waals surface area contributed by atoms with E-state index in [1.165, 1.54) is 12.6 Å². The SMILES string of the molecule is Cc1cc(Nc2nc(N3CCN(C(=O)c4cnco4)CC3)nn3cccc23)n[nH]1. The number of amides is 1. The van der Waals surface area contributed by atoms with Crippen LogP contribution >= 0.6 is 0 Å². The van der Waals surface area contributed by atoms with E-state index in [2.05, 4.69) is 30.5 Å². The molecule has 1 aliphatic rings. The quantitative estimate of drug-likeness (QED) is 0.535. The Morgan fingerprint density at radius 1 is 1.28 bits per heavy atom. The summed E-state index contributed by atoms with van der Waals surface area (Å²) in [5, 5.41) is 15.0. The van der Waals surface area contributed by atoms with Gasteiger partial charge in [-0.2, -0.15) is 10.1 Å². The molecule has 0 aromatic carbocycles. The first-order valence-corrected chi connectivity index (χ1v) is 9.24. The molecule has 5 rings (SSSR count). The molecule has 2 N–H and O–H groups in total. The van der Waals surface area contributed by atoms with Crippen molar-refractivity contribution in [2.45, 2.75) is 6.92 Å². The van der Waals surface area contributed by atoms with Crippen LogP contribution in [0.4, 0.5) is 17.6 Å². The van der Waals surface area contributed by atoms with Crippen molar-refractivity contribution in [2.75, 3.05) is 36.4 Å². The summed E-state index contributed by atoms with van der Waals surface area (Å²) >= 11 is 0. The lowest BCUT2D eigenvalue weighted by molar-refractivity contribution is 0.0714. The predicted octanol–water partition coefficient (Wildman–Crippen LogP) is 1.45. The first kappa shape index (κ1) is 17.2. The molecular formula is C18H19N9O2. The fourth-order valence-electron chi connectivity index (χ4n) is 3.34. The maximum Gasteiger partial charge on any atom is 0.291 e. The minimum absolute atomic E-state index is 0.153. The van der Waals surface area contributed by atoms with Gasteiger partial charge in [-0.25, -0.2) is 9.50 Å². The van der Waals surface area contributed by atoms with E-state index in [-0.39, 0.29) is 11.7 Å². The van der Waals surface area contributed by atoms with Gasteiger partial charge in [-0.1, -0.05) is 0 Å². The Hall–Kier alpha value is -3.89. The first-order valence-electron chi connectivity index (χ1n) is 9.24. The summed E-state index contributed by atoms with van der Waals surface area (Å²) in [5.41, 5.74) is 1.81. The lowest BCUT2D eigenvalue weighted by Crippen LogP contribution is -2.49. The van der Waals surface area contributed by atoms with Crippen LogP contribution in [0.2, 0.25) is 0 Å². The average molecular weight is 393 g/mol. The summed E-state index contributed by atoms with van der Waals surface area (Å²) in [4.78, 5) is 24.8. The van der Waals surface area contributed by atoms with Crippen LogP contribution in [0.5, 0.6) is 0 Å². The van der Waals surface area contributed by atoms with Crippen LogP contribution in [0.15, 0.2) is 41.4 Å². The number of aromatic nitrogens is 6. The maximum atomic E-state index is 12.4. The van der Waals surface area contributed by atoms with Gasteiger partial charge in [0.05, 0.1) is 6.20 Å². The predicted molar refractivity (Wildman–Crippen MR) is 104 cm³/mol. The van der Waals surface area contributed by atoms with E-state index in [0.29, 0.717) is 43.8 Å². The smallest absolute Gasteiger partial charge is 0.291 e. The highest BCUT2D eigenvalue weighted by Gasteiger charge is 2.26. The van der Waals surface area contributed by atoms with Crippen molar-refractivity contribution in [3.05, 3.63) is 48.4 Å². The zero-order valence-electron chi connectivity index (χ0n) is 15.7. The molecule has 11 nitrogen and oxygen atoms in total. The number of fused-ring (bicyclic) bond motifs is 1. The second-order valence-corrected chi connectivity index (χ2v) is 6.80. The van der Waals surface area contributed by atoms with E-state index >= 15 is 0 Å². The molecule has 29 heavy (non-hydrogen) atoms. The first-order chi connectivity index (χ1) is 14.2. The summed E-state index contributed by atoms with van der Waals surface area (Å²) in [6.45, 7) is 4.28. The molecule has 11 heteroatoms. The lowest BCUT2D eigenvalue weighted by atomic mass is 10.3. The van der Waals surface area contributed by atoms with Gasteiger partial charge in [0.1, 0.15) is 5.52 Å². The number of hydrogen-bond acceptors (Lipinski definition) is 8. The van der Waals surface area contributed by atoms with Crippen LogP contribution < -0.4 is 10.2 Å². The number of carbonyl (C=O) groups is 1. The Balaban J connectivity index is 1.36. The Kier molecular flexibility index (Phi) is 4.12. The fraction of sp³-hybridized carbons (Fsp3) is 0.278. The van der Waals surface area contributed by atoms with Crippen LogP contribution in [0, 0.1) is 6.92 Å². The highest BCUT2D eigenvalue weighted by atomic mass is 16.3. The van der Waals surface area contributed by atoms with Gasteiger partial charge in [0.15, 0.2) is 18.0 Å². The van der Waals surface area contributed by atoms with Crippen LogP contribution in [0.3, 0.4) is 0 Å². The Bertz CT molecular complexity index is 1140. The van der Waals surface area contributed by atoms with E-state index in [4.69, 9.17) is 9.40 Å². The molecule has 148 valence electrons. The van der Waals surface area contributed by atoms with Crippen LogP contribution in [-0.2, 0) is 0 Å². The summed E-state index contributed by atoms with van der Waals surface area (Å²) in [7, 11) is 0. The van der Waals surface area contributed by atoms with Crippen molar-refractivity contribution in [3.8, 4) is 0 Å². The number of hydrogen-bond donors (Lipinski definition) is 2. The number of nitrogens with one attached hydrogen (secondary N) is 2. The molecule has 1 aliphatic heterocycles. The molecule has 4 aromatic heterocycles. The minimum atomic E-state index is -0.153. The number of anilines is 3. The number of aryl methyl sites for hydroxylation is 1. The minimum Gasteiger partial charge on any atom is -0.438 e. The van der Waals surface area contributed by atoms with E-state index in [1.807, 2.05) is 31.3 Å². The van der Waals surface area contributed by atoms with Gasteiger partial charge in [0.2, 0.25) is 11.7 Å². The monoisotopic (exact) mass is 393 g/mol. The molecule has 0 unspecified atom stereocenters. The number of nitrogens with zero attached hydrogens (tertiary/aromatic N) is 7. The van der Waals surface area contributed by atoms with Crippen molar-refractivity contribution < 1.29 is 9.21 Å². The van der Waals surface area contributed by atoms with Gasteiger partial charge in [-0.05, 0) is 19.1 Å². The van der Waals surface area contributed by atoms with Gasteiger partial charge in [0, 0.05) is 44.1 Å². The highest BCUT2D eigenvalue weighted by molar-refractivity contribution is 5.91. The number of H-pyrrole nitrogens is 1. The van der Waals surface area contributed by atoms with E-state index in [9.17, 15) is 4.79 Å². The molecule has 0 atom stereocenters. The molecule has 5 heterocycles. The number of rotatable bonds is 4. The summed E-state index contributed by atoms with van der Waals surface area (Å²) < 4.78 is 6.90. The van der Waals surface area contributed by atoms with Crippen molar-refractivity contribution in [1.82, 2.24) is 34.7 Å². The van der Waals surface area contributed by atoms with E-state index in [1.54, 1.807) is 9.42 Å². The number of carbonyl (C=O) groups excluding carboxylic acids is 1. The number of oxazole rings is 1. The lowest BCUT2D eigenvalue weighted by Gasteiger charge is -2.34. The summed E-state index contributed by atoms with van der Waals surface area (Å²) in [6.07, 6.45) is 4.58. The van der Waals surface area contributed by atoms with E-state index < -0.39 is 0 Å². The normalized spacial score (nSPS) is 14.5. The molecule has 1 amide bonds. The Morgan fingerprint density at radius 3 is 2.86 bits per heavy atom. The Labute approximate surface area is 165 Å². The van der Waals surface area contributed by atoms with Crippen molar-refractivity contribution in [2.24, 2.45) is 0 Å². The summed E-state index contributed by atoms with van der Waals surface area (Å²) in [6, 6.07) is 5.78. The van der Waals surface area contributed by atoms with Crippen LogP contribution in [-0.4, -0.2) is 66.8 Å². The molecule has 0 saturated carbocycles. The second-order valence-electron chi connectivity index (χ2n) is 6.80. The van der Waals surface area contributed by atoms with Crippen LogP contribution in [0.1, 0.15) is 16.2 Å². The molecule has 0 aliphatic carbocycles. The Morgan fingerprint density at radius 2 is 2.14 bits per heavy atom. The van der Waals surface area contributed by atoms with E-state index in [0.717, 1.165) is 11.2 Å². The van der Waals surface area contributed by atoms with Gasteiger partial charge in [0.25, 0.3) is 5.91 Å². The topological polar surface area (TPSA) is 120 Å². The third kappa shape index (κ3) is 3.26. The highest BCUT2D eigenvalue weighted by Crippen LogP contribution is 2.22.